The van der Waals surface area contributed by atoms with Gasteiger partial charge in [0.25, 0.3) is 5.91 Å². The summed E-state index contributed by atoms with van der Waals surface area (Å²) in [4.78, 5) is 14.6. The monoisotopic (exact) mass is 402 g/mol. The molecule has 1 aromatic carbocycles. The molecule has 4 rings (SSSR count). The lowest BCUT2D eigenvalue weighted by atomic mass is 9.74. The molecule has 0 atom stereocenters. The predicted molar refractivity (Wildman–Crippen MR) is 113 cm³/mol. The molecule has 1 fully saturated rings. The molecule has 1 aliphatic carbocycles. The van der Waals surface area contributed by atoms with E-state index in [2.05, 4.69) is 22.5 Å². The zero-order valence-corrected chi connectivity index (χ0v) is 17.2. The molecule has 1 saturated carbocycles. The van der Waals surface area contributed by atoms with E-state index < -0.39 is 0 Å². The van der Waals surface area contributed by atoms with Crippen LogP contribution in [0.25, 0.3) is 11.0 Å². The Bertz CT molecular complexity index is 928. The van der Waals surface area contributed by atoms with Gasteiger partial charge in [-0.1, -0.05) is 37.4 Å². The minimum absolute atomic E-state index is 0.207. The van der Waals surface area contributed by atoms with Crippen LogP contribution in [0.4, 0.5) is 5.69 Å². The van der Waals surface area contributed by atoms with Crippen molar-refractivity contribution in [3.05, 3.63) is 40.9 Å². The van der Waals surface area contributed by atoms with Gasteiger partial charge in [0.1, 0.15) is 5.58 Å². The lowest BCUT2D eigenvalue weighted by molar-refractivity contribution is 0.0925. The molecule has 1 aromatic heterocycles. The summed E-state index contributed by atoms with van der Waals surface area (Å²) in [5, 5.41) is 11.2. The van der Waals surface area contributed by atoms with Crippen LogP contribution in [-0.4, -0.2) is 38.0 Å². The molecule has 1 amide bonds. The molecule has 150 valence electrons. The molecule has 1 spiro atoms. The minimum Gasteiger partial charge on any atom is -0.450 e. The first-order valence-electron chi connectivity index (χ1n) is 9.83. The van der Waals surface area contributed by atoms with Crippen LogP contribution >= 0.6 is 11.6 Å². The molecule has 2 aliphatic rings. The summed E-state index contributed by atoms with van der Waals surface area (Å²) < 4.78 is 6.11. The number of furan rings is 1. The number of amides is 1. The Morgan fingerprint density at radius 2 is 2.07 bits per heavy atom. The zero-order chi connectivity index (χ0) is 19.9. The number of hydrogen-bond acceptors (Lipinski definition) is 5. The number of halogens is 1. The number of rotatable bonds is 4. The lowest BCUT2D eigenvalue weighted by Crippen LogP contribution is -2.48. The van der Waals surface area contributed by atoms with Gasteiger partial charge in [0.05, 0.1) is 22.1 Å². The van der Waals surface area contributed by atoms with Gasteiger partial charge >= 0.3 is 0 Å². The topological polar surface area (TPSA) is 69.5 Å². The number of anilines is 1. The maximum absolute atomic E-state index is 12.6. The van der Waals surface area contributed by atoms with Gasteiger partial charge in [0, 0.05) is 24.0 Å². The van der Waals surface area contributed by atoms with E-state index in [0.717, 1.165) is 60.3 Å². The second-order valence-electron chi connectivity index (χ2n) is 8.07. The van der Waals surface area contributed by atoms with Crippen molar-refractivity contribution < 1.29 is 9.21 Å². The van der Waals surface area contributed by atoms with Gasteiger partial charge in [0.15, 0.2) is 5.76 Å². The maximum atomic E-state index is 12.6. The van der Waals surface area contributed by atoms with E-state index in [0.29, 0.717) is 17.3 Å². The average Bonchev–Trinajstić information content (AvgIpc) is 3.05. The lowest BCUT2D eigenvalue weighted by Gasteiger charge is -2.44. The van der Waals surface area contributed by atoms with Crippen molar-refractivity contribution in [2.24, 2.45) is 0 Å². The maximum Gasteiger partial charge on any atom is 0.287 e. The third kappa shape index (κ3) is 3.35. The number of nitrogens with one attached hydrogen (secondary N) is 3. The largest absolute Gasteiger partial charge is 0.450 e. The number of hydrogen-bond donors (Lipinski definition) is 3. The Morgan fingerprint density at radius 3 is 2.79 bits per heavy atom. The second-order valence-corrected chi connectivity index (χ2v) is 8.48. The van der Waals surface area contributed by atoms with E-state index in [4.69, 9.17) is 16.0 Å². The van der Waals surface area contributed by atoms with Gasteiger partial charge < -0.3 is 25.3 Å². The smallest absolute Gasteiger partial charge is 0.287 e. The molecule has 0 radical (unpaired) electrons. The van der Waals surface area contributed by atoms with Crippen LogP contribution in [0.3, 0.4) is 0 Å². The number of likely N-dealkylation sites (N-methyl/N-ethyl adjacent to an activating group) is 1. The van der Waals surface area contributed by atoms with Crippen LogP contribution < -0.4 is 16.0 Å². The highest BCUT2D eigenvalue weighted by Crippen LogP contribution is 2.49. The van der Waals surface area contributed by atoms with Crippen LogP contribution in [0.1, 0.15) is 48.2 Å². The number of fused-ring (bicyclic) bond motifs is 4. The van der Waals surface area contributed by atoms with Crippen LogP contribution in [0.5, 0.6) is 0 Å². The summed E-state index contributed by atoms with van der Waals surface area (Å²) in [7, 11) is 3.94. The van der Waals surface area contributed by atoms with E-state index in [-0.39, 0.29) is 11.4 Å². The van der Waals surface area contributed by atoms with E-state index in [9.17, 15) is 4.79 Å². The second kappa shape index (κ2) is 7.33. The fraction of sp³-hybridized carbons (Fsp3) is 0.476. The van der Waals surface area contributed by atoms with Crippen molar-refractivity contribution in [3.63, 3.8) is 0 Å². The number of carbonyl (C=O) groups excluding carboxylic acids is 1. The summed E-state index contributed by atoms with van der Waals surface area (Å²) in [5.41, 5.74) is 2.34. The minimum atomic E-state index is -0.254. The molecule has 28 heavy (non-hydrogen) atoms. The molecule has 2 aromatic rings. The number of benzene rings is 1. The highest BCUT2D eigenvalue weighted by Gasteiger charge is 2.42. The van der Waals surface area contributed by atoms with E-state index >= 15 is 0 Å². The van der Waals surface area contributed by atoms with Crippen molar-refractivity contribution in [1.82, 2.24) is 15.5 Å². The van der Waals surface area contributed by atoms with E-state index in [1.165, 1.54) is 6.42 Å². The molecule has 1 aliphatic heterocycles. The van der Waals surface area contributed by atoms with Crippen molar-refractivity contribution in [2.45, 2.75) is 37.6 Å². The molecule has 7 heteroatoms. The highest BCUT2D eigenvalue weighted by molar-refractivity contribution is 6.34. The first kappa shape index (κ1) is 19.2. The standard InChI is InChI=1S/C21H27ClN4O2/c1-13-24-18-15(22)11-14-12-16(20(27)23-9-10-26(2)3)28-19(14)17(18)21(25-13)7-5-4-6-8-21/h11-12,24-25H,1,4-10H2,2-3H3,(H,23,27). The molecule has 0 saturated heterocycles. The Morgan fingerprint density at radius 1 is 1.32 bits per heavy atom. The Kier molecular flexibility index (Phi) is 5.02. The van der Waals surface area contributed by atoms with Crippen LogP contribution in [0, 0.1) is 0 Å². The molecule has 3 N–H and O–H groups in total. The zero-order valence-electron chi connectivity index (χ0n) is 16.5. The first-order valence-corrected chi connectivity index (χ1v) is 10.2. The summed E-state index contributed by atoms with van der Waals surface area (Å²) in [6.07, 6.45) is 5.46. The van der Waals surface area contributed by atoms with E-state index in [1.807, 2.05) is 25.1 Å². The Labute approximate surface area is 170 Å². The molecule has 6 nitrogen and oxygen atoms in total. The summed E-state index contributed by atoms with van der Waals surface area (Å²) in [6, 6.07) is 3.64. The predicted octanol–water partition coefficient (Wildman–Crippen LogP) is 4.02. The highest BCUT2D eigenvalue weighted by atomic mass is 35.5. The van der Waals surface area contributed by atoms with Gasteiger partial charge in [0.2, 0.25) is 0 Å². The van der Waals surface area contributed by atoms with Gasteiger partial charge in [-0.3, -0.25) is 4.79 Å². The van der Waals surface area contributed by atoms with Gasteiger partial charge in [-0.2, -0.15) is 0 Å². The third-order valence-corrected chi connectivity index (χ3v) is 5.98. The molecule has 0 unspecified atom stereocenters. The molecule has 2 heterocycles. The fourth-order valence-corrected chi connectivity index (χ4v) is 4.64. The SMILES string of the molecule is C=C1Nc2c(Cl)cc3cc(C(=O)NCCN(C)C)oc3c2C2(CCCCC2)N1. The third-order valence-electron chi connectivity index (χ3n) is 5.68. The molecule has 0 bridgehead atoms. The van der Waals surface area contributed by atoms with Crippen LogP contribution in [-0.2, 0) is 5.54 Å². The molecular formula is C21H27ClN4O2. The quantitative estimate of drug-likeness (QED) is 0.720. The van der Waals surface area contributed by atoms with Crippen molar-refractivity contribution in [2.75, 3.05) is 32.5 Å². The van der Waals surface area contributed by atoms with E-state index in [1.54, 1.807) is 6.07 Å². The van der Waals surface area contributed by atoms with Gasteiger partial charge in [-0.15, -0.1) is 0 Å². The number of nitrogens with zero attached hydrogens (tertiary/aromatic N) is 1. The Hall–Kier alpha value is -2.18. The summed E-state index contributed by atoms with van der Waals surface area (Å²) in [5.74, 6) is 0.860. The van der Waals surface area contributed by atoms with Crippen molar-refractivity contribution >= 4 is 34.2 Å². The fourth-order valence-electron chi connectivity index (χ4n) is 4.38. The summed E-state index contributed by atoms with van der Waals surface area (Å²) in [6.45, 7) is 5.42. The average molecular weight is 403 g/mol. The van der Waals surface area contributed by atoms with Gasteiger partial charge in [-0.25, -0.2) is 0 Å². The Balaban J connectivity index is 1.77. The number of carbonyl (C=O) groups is 1. The van der Waals surface area contributed by atoms with Crippen molar-refractivity contribution in [3.8, 4) is 0 Å². The van der Waals surface area contributed by atoms with Crippen molar-refractivity contribution in [1.29, 1.82) is 0 Å². The molecular weight excluding hydrogens is 376 g/mol. The van der Waals surface area contributed by atoms with Crippen LogP contribution in [0.15, 0.2) is 28.9 Å². The first-order chi connectivity index (χ1) is 13.4. The normalized spacial score (nSPS) is 18.1. The van der Waals surface area contributed by atoms with Crippen LogP contribution in [0.2, 0.25) is 5.02 Å². The summed E-state index contributed by atoms with van der Waals surface area (Å²) >= 11 is 6.62. The van der Waals surface area contributed by atoms with Gasteiger partial charge in [-0.05, 0) is 39.1 Å².